The molecule has 0 aliphatic carbocycles. The molecule has 6 heteroatoms. The van der Waals surface area contributed by atoms with Crippen LogP contribution in [-0.4, -0.2) is 43.1 Å². The van der Waals surface area contributed by atoms with Crippen LogP contribution < -0.4 is 15.8 Å². The van der Waals surface area contributed by atoms with Crippen LogP contribution in [0.5, 0.6) is 5.75 Å². The van der Waals surface area contributed by atoms with Crippen molar-refractivity contribution in [1.82, 2.24) is 4.90 Å². The monoisotopic (exact) mass is 420 g/mol. The number of nitrogens with zero attached hydrogens (tertiary/aromatic N) is 2. The van der Waals surface area contributed by atoms with Crippen molar-refractivity contribution >= 4 is 35.6 Å². The van der Waals surface area contributed by atoms with Crippen LogP contribution in [0.2, 0.25) is 0 Å². The summed E-state index contributed by atoms with van der Waals surface area (Å²) in [7, 11) is 2.08. The summed E-state index contributed by atoms with van der Waals surface area (Å²) in [6, 6.07) is 8.22. The van der Waals surface area contributed by atoms with Crippen molar-refractivity contribution in [1.29, 1.82) is 0 Å². The molecule has 0 radical (unpaired) electrons. The Hall–Kier alpha value is -1.02. The van der Waals surface area contributed by atoms with Gasteiger partial charge in [-0.1, -0.05) is 0 Å². The van der Waals surface area contributed by atoms with Crippen LogP contribution >= 0.6 is 24.0 Å². The first-order valence-electron chi connectivity index (χ1n) is 7.42. The summed E-state index contributed by atoms with van der Waals surface area (Å²) in [5.74, 6) is 1.29. The zero-order valence-corrected chi connectivity index (χ0v) is 16.5. The predicted octanol–water partition coefficient (Wildman–Crippen LogP) is 3.16. The first-order valence-corrected chi connectivity index (χ1v) is 7.42. The normalized spacial score (nSPS) is 11.7. The van der Waals surface area contributed by atoms with Crippen LogP contribution in [0.25, 0.3) is 0 Å². The number of nitrogens with two attached hydrogens (primary N) is 1. The largest absolute Gasteiger partial charge is 0.491 e. The highest BCUT2D eigenvalue weighted by atomic mass is 127. The molecule has 0 spiro atoms. The Morgan fingerprint density at radius 3 is 2.32 bits per heavy atom. The van der Waals surface area contributed by atoms with Crippen molar-refractivity contribution in [2.45, 2.75) is 39.8 Å². The van der Waals surface area contributed by atoms with Crippen LogP contribution in [0.3, 0.4) is 0 Å². The first-order chi connectivity index (χ1) is 9.88. The maximum absolute atomic E-state index is 5.88. The lowest BCUT2D eigenvalue weighted by atomic mass is 10.3. The quantitative estimate of drug-likeness (QED) is 0.404. The van der Waals surface area contributed by atoms with Crippen LogP contribution in [0.15, 0.2) is 29.3 Å². The second-order valence-electron chi connectivity index (χ2n) is 5.66. The van der Waals surface area contributed by atoms with E-state index in [0.717, 1.165) is 18.0 Å². The Kier molecular flexibility index (Phi) is 10.2. The first kappa shape index (κ1) is 21.0. The highest BCUT2D eigenvalue weighted by Crippen LogP contribution is 2.16. The molecule has 1 aromatic carbocycles. The molecule has 126 valence electrons. The zero-order chi connectivity index (χ0) is 15.8. The number of aliphatic imine (C=N–C) groups is 1. The summed E-state index contributed by atoms with van der Waals surface area (Å²) in [6.45, 7) is 9.90. The van der Waals surface area contributed by atoms with Crippen LogP contribution in [0.1, 0.15) is 27.7 Å². The van der Waals surface area contributed by atoms with Gasteiger partial charge in [0, 0.05) is 18.3 Å². The summed E-state index contributed by atoms with van der Waals surface area (Å²) >= 11 is 0. The van der Waals surface area contributed by atoms with Crippen molar-refractivity contribution in [3.63, 3.8) is 0 Å². The van der Waals surface area contributed by atoms with Crippen LogP contribution in [-0.2, 0) is 0 Å². The van der Waals surface area contributed by atoms with Gasteiger partial charge < -0.3 is 20.7 Å². The molecule has 22 heavy (non-hydrogen) atoms. The summed E-state index contributed by atoms with van der Waals surface area (Å²) in [5.41, 5.74) is 6.78. The molecule has 0 atom stereocenters. The van der Waals surface area contributed by atoms with E-state index >= 15 is 0 Å². The molecule has 0 unspecified atom stereocenters. The van der Waals surface area contributed by atoms with E-state index in [1.165, 1.54) is 0 Å². The number of guanidine groups is 1. The third-order valence-electron chi connectivity index (χ3n) is 3.11. The van der Waals surface area contributed by atoms with Crippen molar-refractivity contribution in [3.05, 3.63) is 24.3 Å². The van der Waals surface area contributed by atoms with Gasteiger partial charge in [-0.2, -0.15) is 0 Å². The summed E-state index contributed by atoms with van der Waals surface area (Å²) in [4.78, 5) is 6.55. The smallest absolute Gasteiger partial charge is 0.193 e. The fourth-order valence-electron chi connectivity index (χ4n) is 1.66. The van der Waals surface area contributed by atoms with E-state index in [1.54, 1.807) is 0 Å². The number of hydrogen-bond acceptors (Lipinski definition) is 3. The molecule has 1 rings (SSSR count). The van der Waals surface area contributed by atoms with Crippen molar-refractivity contribution in [3.8, 4) is 5.75 Å². The number of anilines is 1. The summed E-state index contributed by atoms with van der Waals surface area (Å²) in [5, 5.41) is 3.08. The molecule has 5 nitrogen and oxygen atoms in total. The molecule has 0 saturated carbocycles. The fraction of sp³-hybridized carbons (Fsp3) is 0.562. The summed E-state index contributed by atoms with van der Waals surface area (Å²) in [6.07, 6.45) is 0.174. The third kappa shape index (κ3) is 8.43. The van der Waals surface area contributed by atoms with Crippen molar-refractivity contribution < 1.29 is 4.74 Å². The molecule has 0 fully saturated rings. The van der Waals surface area contributed by atoms with E-state index < -0.39 is 0 Å². The van der Waals surface area contributed by atoms with Gasteiger partial charge in [0.25, 0.3) is 0 Å². The van der Waals surface area contributed by atoms with E-state index in [9.17, 15) is 0 Å². The number of benzene rings is 1. The van der Waals surface area contributed by atoms with Gasteiger partial charge in [0.1, 0.15) is 5.75 Å². The van der Waals surface area contributed by atoms with Gasteiger partial charge in [-0.25, -0.2) is 0 Å². The molecule has 0 aliphatic heterocycles. The van der Waals surface area contributed by atoms with Gasteiger partial charge in [0.15, 0.2) is 5.96 Å². The Balaban J connectivity index is 0.00000441. The SMILES string of the molecule is CC(C)Oc1ccc(NC(N)=NCCN(C)C(C)C)cc1.I. The molecule has 0 amide bonds. The van der Waals surface area contributed by atoms with Crippen molar-refractivity contribution in [2.75, 3.05) is 25.5 Å². The Morgan fingerprint density at radius 1 is 1.23 bits per heavy atom. The minimum Gasteiger partial charge on any atom is -0.491 e. The van der Waals surface area contributed by atoms with Crippen molar-refractivity contribution in [2.24, 2.45) is 10.7 Å². The third-order valence-corrected chi connectivity index (χ3v) is 3.11. The number of halogens is 1. The maximum atomic E-state index is 5.88. The fourth-order valence-corrected chi connectivity index (χ4v) is 1.66. The molecule has 1 aromatic rings. The van der Waals surface area contributed by atoms with E-state index in [-0.39, 0.29) is 30.1 Å². The van der Waals surface area contributed by atoms with Crippen LogP contribution in [0.4, 0.5) is 5.69 Å². The Labute approximate surface area is 151 Å². The Morgan fingerprint density at radius 2 is 1.82 bits per heavy atom. The molecule has 0 bridgehead atoms. The molecule has 0 heterocycles. The van der Waals surface area contributed by atoms with E-state index in [4.69, 9.17) is 10.5 Å². The standard InChI is InChI=1S/C16H28N4O.HI/c1-12(2)20(5)11-10-18-16(17)19-14-6-8-15(9-7-14)21-13(3)4;/h6-9,12-13H,10-11H2,1-5H3,(H3,17,18,19);1H. The molecule has 3 N–H and O–H groups in total. The lowest BCUT2D eigenvalue weighted by Crippen LogP contribution is -2.30. The molecular formula is C16H29IN4O. The minimum atomic E-state index is 0. The number of nitrogens with one attached hydrogen (secondary N) is 1. The highest BCUT2D eigenvalue weighted by Gasteiger charge is 2.02. The average molecular weight is 420 g/mol. The lowest BCUT2D eigenvalue weighted by Gasteiger charge is -2.19. The summed E-state index contributed by atoms with van der Waals surface area (Å²) < 4.78 is 5.59. The molecule has 0 aliphatic rings. The average Bonchev–Trinajstić information content (AvgIpc) is 2.40. The second-order valence-corrected chi connectivity index (χ2v) is 5.66. The molecular weight excluding hydrogens is 391 g/mol. The van der Waals surface area contributed by atoms with E-state index in [2.05, 4.69) is 36.1 Å². The van der Waals surface area contributed by atoms with Gasteiger partial charge >= 0.3 is 0 Å². The topological polar surface area (TPSA) is 62.9 Å². The van der Waals surface area contributed by atoms with Gasteiger partial charge in [-0.3, -0.25) is 4.99 Å². The number of hydrogen-bond donors (Lipinski definition) is 2. The number of rotatable bonds is 7. The van der Waals surface area contributed by atoms with Crippen LogP contribution in [0, 0.1) is 0 Å². The molecule has 0 saturated heterocycles. The van der Waals surface area contributed by atoms with E-state index in [1.807, 2.05) is 38.1 Å². The Bertz CT molecular complexity index is 446. The van der Waals surface area contributed by atoms with Gasteiger partial charge in [-0.05, 0) is 59.0 Å². The highest BCUT2D eigenvalue weighted by molar-refractivity contribution is 14.0. The molecule has 0 aromatic heterocycles. The number of likely N-dealkylation sites (N-methyl/N-ethyl adjacent to an activating group) is 1. The predicted molar refractivity (Wildman–Crippen MR) is 105 cm³/mol. The lowest BCUT2D eigenvalue weighted by molar-refractivity contribution is 0.242. The van der Waals surface area contributed by atoms with Gasteiger partial charge in [0.05, 0.1) is 12.6 Å². The number of ether oxygens (including phenoxy) is 1. The zero-order valence-electron chi connectivity index (χ0n) is 14.2. The second kappa shape index (κ2) is 10.7. The van der Waals surface area contributed by atoms with Gasteiger partial charge in [0.2, 0.25) is 0 Å². The van der Waals surface area contributed by atoms with E-state index in [0.29, 0.717) is 18.5 Å². The maximum Gasteiger partial charge on any atom is 0.193 e. The minimum absolute atomic E-state index is 0. The van der Waals surface area contributed by atoms with Gasteiger partial charge in [-0.15, -0.1) is 24.0 Å².